The van der Waals surface area contributed by atoms with Crippen molar-refractivity contribution >= 4 is 17.5 Å². The number of amides is 1. The van der Waals surface area contributed by atoms with Crippen LogP contribution in [-0.2, 0) is 12.8 Å². The van der Waals surface area contributed by atoms with E-state index in [2.05, 4.69) is 51.2 Å². The Kier molecular flexibility index (Phi) is 7.92. The molecule has 5 heteroatoms. The van der Waals surface area contributed by atoms with Crippen LogP contribution in [0.3, 0.4) is 0 Å². The lowest BCUT2D eigenvalue weighted by Crippen LogP contribution is -2.48. The van der Waals surface area contributed by atoms with E-state index in [0.717, 1.165) is 56.9 Å². The molecule has 1 aromatic heterocycles. The van der Waals surface area contributed by atoms with Gasteiger partial charge in [-0.3, -0.25) is 9.78 Å². The first-order valence-corrected chi connectivity index (χ1v) is 11.8. The van der Waals surface area contributed by atoms with E-state index in [-0.39, 0.29) is 11.9 Å². The number of nitrogens with zero attached hydrogens (tertiary/aromatic N) is 3. The van der Waals surface area contributed by atoms with Crippen LogP contribution in [0, 0.1) is 0 Å². The van der Waals surface area contributed by atoms with E-state index in [1.807, 2.05) is 30.3 Å². The lowest BCUT2D eigenvalue weighted by molar-refractivity contribution is 0.0576. The summed E-state index contributed by atoms with van der Waals surface area (Å²) in [6, 6.07) is 22.5. The highest BCUT2D eigenvalue weighted by Crippen LogP contribution is 2.20. The maximum Gasteiger partial charge on any atom is 0.255 e. The van der Waals surface area contributed by atoms with Crippen molar-refractivity contribution in [3.05, 3.63) is 101 Å². The van der Waals surface area contributed by atoms with Crippen LogP contribution in [0.1, 0.15) is 34.3 Å². The minimum absolute atomic E-state index is 0.0913. The van der Waals surface area contributed by atoms with Crippen molar-refractivity contribution in [2.45, 2.75) is 31.7 Å². The molecule has 1 aliphatic rings. The number of likely N-dealkylation sites (tertiary alicyclic amines) is 1. The van der Waals surface area contributed by atoms with Crippen LogP contribution in [0.2, 0.25) is 5.02 Å². The summed E-state index contributed by atoms with van der Waals surface area (Å²) in [5, 5.41) is 0.781. The Morgan fingerprint density at radius 1 is 0.938 bits per heavy atom. The predicted molar refractivity (Wildman–Crippen MR) is 130 cm³/mol. The number of aromatic nitrogens is 1. The second-order valence-electron chi connectivity index (χ2n) is 8.43. The molecule has 0 atom stereocenters. The van der Waals surface area contributed by atoms with Gasteiger partial charge in [-0.1, -0.05) is 54.1 Å². The topological polar surface area (TPSA) is 36.4 Å². The lowest BCUT2D eigenvalue weighted by atomic mass is 10.0. The fraction of sp³-hybridized carbons (Fsp3) is 0.333. The number of hydrogen-bond acceptors (Lipinski definition) is 3. The van der Waals surface area contributed by atoms with Crippen LogP contribution in [0.15, 0.2) is 79.1 Å². The molecule has 2 heterocycles. The van der Waals surface area contributed by atoms with Gasteiger partial charge in [0.25, 0.3) is 5.91 Å². The first-order valence-electron chi connectivity index (χ1n) is 11.4. The van der Waals surface area contributed by atoms with E-state index in [1.165, 1.54) is 11.1 Å². The number of carbonyl (C=O) groups is 1. The Hall–Kier alpha value is -2.69. The first-order chi connectivity index (χ1) is 15.7. The molecule has 2 aromatic carbocycles. The van der Waals surface area contributed by atoms with Crippen molar-refractivity contribution in [2.75, 3.05) is 26.2 Å². The highest BCUT2D eigenvalue weighted by atomic mass is 35.5. The number of pyridine rings is 1. The van der Waals surface area contributed by atoms with Crippen LogP contribution in [0.25, 0.3) is 0 Å². The first kappa shape index (κ1) is 22.5. The van der Waals surface area contributed by atoms with Gasteiger partial charge in [-0.25, -0.2) is 0 Å². The van der Waals surface area contributed by atoms with Crippen LogP contribution in [0.5, 0.6) is 0 Å². The third kappa shape index (κ3) is 6.18. The smallest absolute Gasteiger partial charge is 0.255 e. The number of rotatable bonds is 8. The van der Waals surface area contributed by atoms with Crippen molar-refractivity contribution in [2.24, 2.45) is 0 Å². The van der Waals surface area contributed by atoms with Gasteiger partial charge in [0.1, 0.15) is 0 Å². The van der Waals surface area contributed by atoms with Gasteiger partial charge in [0.05, 0.1) is 5.56 Å². The third-order valence-electron chi connectivity index (χ3n) is 6.28. The third-order valence-corrected chi connectivity index (χ3v) is 6.53. The van der Waals surface area contributed by atoms with Crippen molar-refractivity contribution in [1.29, 1.82) is 0 Å². The Morgan fingerprint density at radius 3 is 2.34 bits per heavy atom. The van der Waals surface area contributed by atoms with Crippen LogP contribution in [0.4, 0.5) is 0 Å². The Labute approximate surface area is 195 Å². The molecule has 1 aliphatic heterocycles. The van der Waals surface area contributed by atoms with Crippen LogP contribution in [-0.4, -0.2) is 52.9 Å². The van der Waals surface area contributed by atoms with E-state index < -0.39 is 0 Å². The van der Waals surface area contributed by atoms with Gasteiger partial charge < -0.3 is 9.80 Å². The fourth-order valence-electron chi connectivity index (χ4n) is 4.39. The summed E-state index contributed by atoms with van der Waals surface area (Å²) >= 11 is 5.99. The van der Waals surface area contributed by atoms with E-state index in [9.17, 15) is 4.79 Å². The molecular formula is C27H30ClN3O. The average Bonchev–Trinajstić information content (AvgIpc) is 2.85. The second kappa shape index (κ2) is 11.3. The molecule has 32 heavy (non-hydrogen) atoms. The van der Waals surface area contributed by atoms with Gasteiger partial charge in [-0.05, 0) is 61.1 Å². The summed E-state index contributed by atoms with van der Waals surface area (Å²) in [6.07, 6.45) is 7.28. The molecule has 4 rings (SSSR count). The molecule has 0 saturated carbocycles. The molecule has 0 radical (unpaired) electrons. The lowest BCUT2D eigenvalue weighted by Gasteiger charge is -2.38. The number of halogens is 1. The summed E-state index contributed by atoms with van der Waals surface area (Å²) in [4.78, 5) is 22.1. The van der Waals surface area contributed by atoms with Crippen molar-refractivity contribution < 1.29 is 4.79 Å². The molecule has 166 valence electrons. The van der Waals surface area contributed by atoms with E-state index >= 15 is 0 Å². The molecule has 1 amide bonds. The summed E-state index contributed by atoms with van der Waals surface area (Å²) in [5.41, 5.74) is 3.25. The SMILES string of the molecule is O=C(c1cccnc1)N(CCc1ccccc1)C1CCN(CCc2ccc(Cl)cc2)CC1. The van der Waals surface area contributed by atoms with Crippen molar-refractivity contribution in [3.63, 3.8) is 0 Å². The minimum atomic E-state index is 0.0913. The Balaban J connectivity index is 1.36. The monoisotopic (exact) mass is 447 g/mol. The highest BCUT2D eigenvalue weighted by Gasteiger charge is 2.28. The average molecular weight is 448 g/mol. The zero-order valence-corrected chi connectivity index (χ0v) is 19.1. The summed E-state index contributed by atoms with van der Waals surface area (Å²) in [7, 11) is 0. The molecule has 0 spiro atoms. The molecule has 1 fully saturated rings. The molecule has 0 N–H and O–H groups in total. The Morgan fingerprint density at radius 2 is 1.66 bits per heavy atom. The molecular weight excluding hydrogens is 418 g/mol. The number of piperidine rings is 1. The van der Waals surface area contributed by atoms with Gasteiger partial charge in [0.15, 0.2) is 0 Å². The quantitative estimate of drug-likeness (QED) is 0.480. The molecule has 0 unspecified atom stereocenters. The predicted octanol–water partition coefficient (Wildman–Crippen LogP) is 5.13. The molecule has 0 bridgehead atoms. The van der Waals surface area contributed by atoms with Gasteiger partial charge in [-0.15, -0.1) is 0 Å². The van der Waals surface area contributed by atoms with Crippen molar-refractivity contribution in [1.82, 2.24) is 14.8 Å². The zero-order valence-electron chi connectivity index (χ0n) is 18.4. The minimum Gasteiger partial charge on any atom is -0.335 e. The van der Waals surface area contributed by atoms with Crippen LogP contribution < -0.4 is 0 Å². The molecule has 3 aromatic rings. The number of hydrogen-bond donors (Lipinski definition) is 0. The fourth-order valence-corrected chi connectivity index (χ4v) is 4.52. The summed E-state index contributed by atoms with van der Waals surface area (Å²) < 4.78 is 0. The normalized spacial score (nSPS) is 14.9. The maximum absolute atomic E-state index is 13.3. The molecule has 1 saturated heterocycles. The molecule has 0 aliphatic carbocycles. The number of benzene rings is 2. The van der Waals surface area contributed by atoms with Gasteiger partial charge in [-0.2, -0.15) is 0 Å². The largest absolute Gasteiger partial charge is 0.335 e. The van der Waals surface area contributed by atoms with Gasteiger partial charge in [0.2, 0.25) is 0 Å². The highest BCUT2D eigenvalue weighted by molar-refractivity contribution is 6.30. The van der Waals surface area contributed by atoms with E-state index in [0.29, 0.717) is 5.56 Å². The zero-order chi connectivity index (χ0) is 22.2. The second-order valence-corrected chi connectivity index (χ2v) is 8.86. The van der Waals surface area contributed by atoms with Crippen LogP contribution >= 0.6 is 11.6 Å². The van der Waals surface area contributed by atoms with E-state index in [4.69, 9.17) is 11.6 Å². The standard InChI is InChI=1S/C27H30ClN3O/c28-25-10-8-23(9-11-25)12-17-30-18-14-26(15-19-30)31(20-13-22-5-2-1-3-6-22)27(32)24-7-4-16-29-21-24/h1-11,16,21,26H,12-15,17-20H2. The number of carbonyl (C=O) groups excluding carboxylic acids is 1. The van der Waals surface area contributed by atoms with Gasteiger partial charge in [0, 0.05) is 49.6 Å². The Bertz CT molecular complexity index is 971. The summed E-state index contributed by atoms with van der Waals surface area (Å²) in [6.45, 7) is 3.79. The van der Waals surface area contributed by atoms with Gasteiger partial charge >= 0.3 is 0 Å². The van der Waals surface area contributed by atoms with Crippen molar-refractivity contribution in [3.8, 4) is 0 Å². The summed E-state index contributed by atoms with van der Waals surface area (Å²) in [5.74, 6) is 0.0913. The maximum atomic E-state index is 13.3. The van der Waals surface area contributed by atoms with E-state index in [1.54, 1.807) is 12.4 Å². The molecule has 4 nitrogen and oxygen atoms in total.